The number of hydrogen-bond donors (Lipinski definition) is 1. The van der Waals surface area contributed by atoms with E-state index in [1.165, 1.54) is 0 Å². The fourth-order valence-electron chi connectivity index (χ4n) is 3.06. The average molecular weight is 332 g/mol. The summed E-state index contributed by atoms with van der Waals surface area (Å²) in [6.45, 7) is 3.57. The highest BCUT2D eigenvalue weighted by Crippen LogP contribution is 2.18. The summed E-state index contributed by atoms with van der Waals surface area (Å²) in [6.07, 6.45) is 4.61. The molecule has 1 aliphatic heterocycles. The molecule has 2 amide bonds. The third kappa shape index (κ3) is 5.25. The Bertz CT molecular complexity index is 551. The third-order valence-electron chi connectivity index (χ3n) is 4.50. The van der Waals surface area contributed by atoms with Crippen LogP contribution in [0.3, 0.4) is 0 Å². The van der Waals surface area contributed by atoms with E-state index in [1.807, 2.05) is 29.2 Å². The van der Waals surface area contributed by atoms with Crippen molar-refractivity contribution in [2.75, 3.05) is 20.2 Å². The topological polar surface area (TPSA) is 58.6 Å². The smallest absolute Gasteiger partial charge is 0.224 e. The summed E-state index contributed by atoms with van der Waals surface area (Å²) in [5.74, 6) is 0.995. The van der Waals surface area contributed by atoms with Crippen LogP contribution in [-0.4, -0.2) is 43.0 Å². The van der Waals surface area contributed by atoms with E-state index in [0.29, 0.717) is 12.8 Å². The zero-order valence-corrected chi connectivity index (χ0v) is 14.7. The number of benzene rings is 1. The summed E-state index contributed by atoms with van der Waals surface area (Å²) in [4.78, 5) is 26.2. The second-order valence-corrected chi connectivity index (χ2v) is 6.31. The molecule has 2 rings (SSSR count). The van der Waals surface area contributed by atoms with Crippen LogP contribution in [-0.2, 0) is 16.0 Å². The van der Waals surface area contributed by atoms with Gasteiger partial charge in [0.15, 0.2) is 0 Å². The normalized spacial score (nSPS) is 15.2. The number of nitrogens with zero attached hydrogens (tertiary/aromatic N) is 1. The highest BCUT2D eigenvalue weighted by molar-refractivity contribution is 5.80. The van der Waals surface area contributed by atoms with E-state index in [4.69, 9.17) is 4.74 Å². The molecule has 132 valence electrons. The molecule has 0 spiro atoms. The average Bonchev–Trinajstić information content (AvgIpc) is 2.60. The Balaban J connectivity index is 1.77. The zero-order chi connectivity index (χ0) is 17.4. The number of methoxy groups -OCH3 is 1. The molecule has 0 aliphatic carbocycles. The van der Waals surface area contributed by atoms with Gasteiger partial charge >= 0.3 is 0 Å². The van der Waals surface area contributed by atoms with Crippen LogP contribution >= 0.6 is 0 Å². The molecule has 24 heavy (non-hydrogen) atoms. The minimum Gasteiger partial charge on any atom is -0.496 e. The summed E-state index contributed by atoms with van der Waals surface area (Å²) < 4.78 is 5.28. The molecular formula is C19H28N2O3. The van der Waals surface area contributed by atoms with E-state index >= 15 is 0 Å². The van der Waals surface area contributed by atoms with Crippen molar-refractivity contribution in [3.63, 3.8) is 0 Å². The highest BCUT2D eigenvalue weighted by Gasteiger charge is 2.23. The van der Waals surface area contributed by atoms with Crippen molar-refractivity contribution in [1.29, 1.82) is 0 Å². The van der Waals surface area contributed by atoms with Crippen molar-refractivity contribution in [3.05, 3.63) is 29.8 Å². The van der Waals surface area contributed by atoms with Gasteiger partial charge in [-0.05, 0) is 25.3 Å². The lowest BCUT2D eigenvalue weighted by Crippen LogP contribution is -2.46. The predicted octanol–water partition coefficient (Wildman–Crippen LogP) is 2.54. The van der Waals surface area contributed by atoms with Gasteiger partial charge in [-0.2, -0.15) is 0 Å². The molecule has 1 aromatic rings. The third-order valence-corrected chi connectivity index (χ3v) is 4.50. The van der Waals surface area contributed by atoms with Gasteiger partial charge in [0.1, 0.15) is 5.75 Å². The van der Waals surface area contributed by atoms with Crippen molar-refractivity contribution in [2.45, 2.75) is 51.5 Å². The molecule has 5 heteroatoms. The Hall–Kier alpha value is -2.04. The van der Waals surface area contributed by atoms with Crippen LogP contribution in [0.1, 0.15) is 44.6 Å². The lowest BCUT2D eigenvalue weighted by Gasteiger charge is -2.32. The van der Waals surface area contributed by atoms with Crippen molar-refractivity contribution in [3.8, 4) is 5.75 Å². The number of amides is 2. The standard InChI is InChI=1S/C19H28N2O3/c1-3-4-9-19(23)21-12-10-16(11-13-21)20-18(22)14-15-7-5-6-8-17(15)24-2/h5-8,16H,3-4,9-14H2,1-2H3,(H,20,22). The van der Waals surface area contributed by atoms with E-state index in [-0.39, 0.29) is 17.9 Å². The Morgan fingerprint density at radius 2 is 1.96 bits per heavy atom. The van der Waals surface area contributed by atoms with Crippen LogP contribution in [0.5, 0.6) is 5.75 Å². The quantitative estimate of drug-likeness (QED) is 0.835. The predicted molar refractivity (Wildman–Crippen MR) is 94.0 cm³/mol. The first kappa shape index (κ1) is 18.3. The molecule has 0 bridgehead atoms. The van der Waals surface area contributed by atoms with Crippen molar-refractivity contribution in [1.82, 2.24) is 10.2 Å². The highest BCUT2D eigenvalue weighted by atomic mass is 16.5. The zero-order valence-electron chi connectivity index (χ0n) is 14.7. The molecule has 0 saturated carbocycles. The molecule has 0 aromatic heterocycles. The number of rotatable bonds is 7. The molecular weight excluding hydrogens is 304 g/mol. The first-order valence-electron chi connectivity index (χ1n) is 8.83. The van der Waals surface area contributed by atoms with Gasteiger partial charge < -0.3 is 15.0 Å². The van der Waals surface area contributed by atoms with Gasteiger partial charge in [-0.3, -0.25) is 9.59 Å². The number of unbranched alkanes of at least 4 members (excludes halogenated alkanes) is 1. The first-order chi connectivity index (χ1) is 11.6. The van der Waals surface area contributed by atoms with Crippen LogP contribution in [0.25, 0.3) is 0 Å². The number of hydrogen-bond acceptors (Lipinski definition) is 3. The Morgan fingerprint density at radius 3 is 2.62 bits per heavy atom. The Labute approximate surface area is 144 Å². The van der Waals surface area contributed by atoms with Crippen LogP contribution in [0.15, 0.2) is 24.3 Å². The monoisotopic (exact) mass is 332 g/mol. The van der Waals surface area contributed by atoms with Crippen LogP contribution in [0.2, 0.25) is 0 Å². The number of piperidine rings is 1. The number of nitrogens with one attached hydrogen (secondary N) is 1. The van der Waals surface area contributed by atoms with Gasteiger partial charge in [0.25, 0.3) is 0 Å². The summed E-state index contributed by atoms with van der Waals surface area (Å²) in [6, 6.07) is 7.73. The molecule has 1 N–H and O–H groups in total. The van der Waals surface area contributed by atoms with Crippen LogP contribution < -0.4 is 10.1 Å². The molecule has 1 aromatic carbocycles. The number of ether oxygens (including phenoxy) is 1. The number of carbonyl (C=O) groups excluding carboxylic acids is 2. The summed E-state index contributed by atoms with van der Waals surface area (Å²) in [5.41, 5.74) is 0.893. The first-order valence-corrected chi connectivity index (χ1v) is 8.83. The van der Waals surface area contributed by atoms with E-state index in [2.05, 4.69) is 12.2 Å². The molecule has 5 nitrogen and oxygen atoms in total. The minimum absolute atomic E-state index is 0.00950. The summed E-state index contributed by atoms with van der Waals surface area (Å²) >= 11 is 0. The van der Waals surface area contributed by atoms with Crippen molar-refractivity contribution in [2.24, 2.45) is 0 Å². The van der Waals surface area contributed by atoms with Crippen LogP contribution in [0, 0.1) is 0 Å². The number of para-hydroxylation sites is 1. The number of carbonyl (C=O) groups is 2. The SMILES string of the molecule is CCCCC(=O)N1CCC(NC(=O)Cc2ccccc2OC)CC1. The second-order valence-electron chi connectivity index (χ2n) is 6.31. The van der Waals surface area contributed by atoms with E-state index in [0.717, 1.165) is 50.1 Å². The maximum absolute atomic E-state index is 12.3. The largest absolute Gasteiger partial charge is 0.496 e. The van der Waals surface area contributed by atoms with Gasteiger partial charge in [-0.25, -0.2) is 0 Å². The lowest BCUT2D eigenvalue weighted by atomic mass is 10.0. The van der Waals surface area contributed by atoms with Crippen LogP contribution in [0.4, 0.5) is 0 Å². The van der Waals surface area contributed by atoms with Gasteiger partial charge in [0, 0.05) is 31.1 Å². The van der Waals surface area contributed by atoms with Gasteiger partial charge in [-0.15, -0.1) is 0 Å². The summed E-state index contributed by atoms with van der Waals surface area (Å²) in [5, 5.41) is 3.09. The Kier molecular flexibility index (Phi) is 7.09. The number of likely N-dealkylation sites (tertiary alicyclic amines) is 1. The van der Waals surface area contributed by atoms with Gasteiger partial charge in [-0.1, -0.05) is 31.5 Å². The fraction of sp³-hybridized carbons (Fsp3) is 0.579. The molecule has 1 aliphatic rings. The van der Waals surface area contributed by atoms with E-state index in [9.17, 15) is 9.59 Å². The Morgan fingerprint density at radius 1 is 1.25 bits per heavy atom. The lowest BCUT2D eigenvalue weighted by molar-refractivity contribution is -0.132. The van der Waals surface area contributed by atoms with E-state index < -0.39 is 0 Å². The van der Waals surface area contributed by atoms with Crippen molar-refractivity contribution >= 4 is 11.8 Å². The maximum Gasteiger partial charge on any atom is 0.224 e. The van der Waals surface area contributed by atoms with E-state index in [1.54, 1.807) is 7.11 Å². The molecule has 0 unspecified atom stereocenters. The van der Waals surface area contributed by atoms with Gasteiger partial charge in [0.2, 0.25) is 11.8 Å². The molecule has 1 heterocycles. The molecule has 0 radical (unpaired) electrons. The molecule has 0 atom stereocenters. The summed E-state index contributed by atoms with van der Waals surface area (Å²) in [7, 11) is 1.61. The van der Waals surface area contributed by atoms with Crippen molar-refractivity contribution < 1.29 is 14.3 Å². The minimum atomic E-state index is 0.00950. The second kappa shape index (κ2) is 9.30. The molecule has 1 fully saturated rings. The van der Waals surface area contributed by atoms with Gasteiger partial charge in [0.05, 0.1) is 13.5 Å². The fourth-order valence-corrected chi connectivity index (χ4v) is 3.06. The maximum atomic E-state index is 12.3. The molecule has 1 saturated heterocycles.